The van der Waals surface area contributed by atoms with Gasteiger partial charge in [0.15, 0.2) is 0 Å². The van der Waals surface area contributed by atoms with Gasteiger partial charge >= 0.3 is 0 Å². The molecule has 4 heteroatoms. The average molecular weight is 246 g/mol. The molecule has 1 heterocycles. The predicted octanol–water partition coefficient (Wildman–Crippen LogP) is 1.40. The van der Waals surface area contributed by atoms with Crippen LogP contribution in [0.2, 0.25) is 0 Å². The summed E-state index contributed by atoms with van der Waals surface area (Å²) >= 11 is 0. The van der Waals surface area contributed by atoms with Crippen molar-refractivity contribution in [3.63, 3.8) is 0 Å². The van der Waals surface area contributed by atoms with E-state index in [1.807, 2.05) is 38.1 Å². The molecule has 18 heavy (non-hydrogen) atoms. The highest BCUT2D eigenvalue weighted by Gasteiger charge is 2.36. The van der Waals surface area contributed by atoms with Gasteiger partial charge in [0.2, 0.25) is 11.8 Å². The number of carbonyl (C=O) groups is 2. The Balaban J connectivity index is 2.04. The SMILES string of the molecule is Cc1ccc(C(C)NC2CC(=O)N(C)C2=O)cc1. The summed E-state index contributed by atoms with van der Waals surface area (Å²) in [6, 6.07) is 7.83. The van der Waals surface area contributed by atoms with Crippen molar-refractivity contribution in [1.29, 1.82) is 0 Å². The van der Waals surface area contributed by atoms with Crippen molar-refractivity contribution in [2.45, 2.75) is 32.4 Å². The molecule has 1 fully saturated rings. The van der Waals surface area contributed by atoms with E-state index in [1.165, 1.54) is 17.5 Å². The maximum atomic E-state index is 11.8. The van der Waals surface area contributed by atoms with E-state index in [0.717, 1.165) is 5.56 Å². The summed E-state index contributed by atoms with van der Waals surface area (Å²) in [7, 11) is 1.53. The van der Waals surface area contributed by atoms with Crippen molar-refractivity contribution in [2.75, 3.05) is 7.05 Å². The molecule has 0 aliphatic carbocycles. The molecule has 1 aliphatic rings. The predicted molar refractivity (Wildman–Crippen MR) is 68.9 cm³/mol. The molecule has 2 amide bonds. The first-order valence-corrected chi connectivity index (χ1v) is 6.12. The van der Waals surface area contributed by atoms with E-state index >= 15 is 0 Å². The van der Waals surface area contributed by atoms with Gasteiger partial charge in [-0.15, -0.1) is 0 Å². The van der Waals surface area contributed by atoms with Crippen LogP contribution < -0.4 is 5.32 Å². The van der Waals surface area contributed by atoms with Crippen LogP contribution in [-0.2, 0) is 9.59 Å². The first-order valence-electron chi connectivity index (χ1n) is 6.12. The van der Waals surface area contributed by atoms with E-state index in [-0.39, 0.29) is 30.3 Å². The van der Waals surface area contributed by atoms with E-state index < -0.39 is 0 Å². The molecule has 0 aromatic heterocycles. The summed E-state index contributed by atoms with van der Waals surface area (Å²) in [4.78, 5) is 24.4. The normalized spacial score (nSPS) is 21.5. The maximum absolute atomic E-state index is 11.8. The van der Waals surface area contributed by atoms with Gasteiger partial charge in [-0.3, -0.25) is 19.8 Å². The van der Waals surface area contributed by atoms with Crippen molar-refractivity contribution in [3.05, 3.63) is 35.4 Å². The first kappa shape index (κ1) is 12.8. The van der Waals surface area contributed by atoms with Crippen LogP contribution in [-0.4, -0.2) is 29.8 Å². The number of likely N-dealkylation sites (tertiary alicyclic amines) is 1. The fraction of sp³-hybridized carbons (Fsp3) is 0.429. The summed E-state index contributed by atoms with van der Waals surface area (Å²) in [5, 5.41) is 3.21. The third kappa shape index (κ3) is 2.43. The van der Waals surface area contributed by atoms with Crippen LogP contribution in [0.3, 0.4) is 0 Å². The lowest BCUT2D eigenvalue weighted by molar-refractivity contribution is -0.137. The molecule has 1 saturated heterocycles. The summed E-state index contributed by atoms with van der Waals surface area (Å²) < 4.78 is 0. The molecule has 4 nitrogen and oxygen atoms in total. The minimum Gasteiger partial charge on any atom is -0.299 e. The quantitative estimate of drug-likeness (QED) is 0.820. The lowest BCUT2D eigenvalue weighted by atomic mass is 10.1. The molecule has 2 unspecified atom stereocenters. The maximum Gasteiger partial charge on any atom is 0.246 e. The summed E-state index contributed by atoms with van der Waals surface area (Å²) in [5.74, 6) is -0.257. The lowest BCUT2D eigenvalue weighted by Gasteiger charge is -2.18. The van der Waals surface area contributed by atoms with Crippen LogP contribution in [0.25, 0.3) is 0 Å². The van der Waals surface area contributed by atoms with Gasteiger partial charge < -0.3 is 0 Å². The standard InChI is InChI=1S/C14H18N2O2/c1-9-4-6-11(7-5-9)10(2)15-12-8-13(17)16(3)14(12)18/h4-7,10,12,15H,8H2,1-3H3. The summed E-state index contributed by atoms with van der Waals surface area (Å²) in [6.45, 7) is 4.04. The Morgan fingerprint density at radius 1 is 1.28 bits per heavy atom. The molecule has 0 saturated carbocycles. The highest BCUT2D eigenvalue weighted by atomic mass is 16.2. The average Bonchev–Trinajstić information content (AvgIpc) is 2.58. The molecule has 2 rings (SSSR count). The second kappa shape index (κ2) is 4.90. The number of hydrogen-bond donors (Lipinski definition) is 1. The van der Waals surface area contributed by atoms with E-state index in [2.05, 4.69) is 5.32 Å². The van der Waals surface area contributed by atoms with Gasteiger partial charge in [0.05, 0.1) is 12.5 Å². The molecule has 0 bridgehead atoms. The number of aryl methyl sites for hydroxylation is 1. The number of benzene rings is 1. The minimum atomic E-state index is -0.390. The molecular weight excluding hydrogens is 228 g/mol. The second-order valence-electron chi connectivity index (χ2n) is 4.85. The van der Waals surface area contributed by atoms with Crippen LogP contribution in [0.4, 0.5) is 0 Å². The lowest BCUT2D eigenvalue weighted by Crippen LogP contribution is -2.38. The number of nitrogens with zero attached hydrogens (tertiary/aromatic N) is 1. The van der Waals surface area contributed by atoms with Crippen LogP contribution >= 0.6 is 0 Å². The van der Waals surface area contributed by atoms with Gasteiger partial charge in [-0.1, -0.05) is 29.8 Å². The van der Waals surface area contributed by atoms with Gasteiger partial charge in [0.1, 0.15) is 0 Å². The zero-order chi connectivity index (χ0) is 13.3. The van der Waals surface area contributed by atoms with Crippen LogP contribution in [0, 0.1) is 6.92 Å². The Hall–Kier alpha value is -1.68. The van der Waals surface area contributed by atoms with Gasteiger partial charge in [-0.05, 0) is 19.4 Å². The Morgan fingerprint density at radius 3 is 2.39 bits per heavy atom. The van der Waals surface area contributed by atoms with Crippen molar-refractivity contribution >= 4 is 11.8 Å². The van der Waals surface area contributed by atoms with Crippen molar-refractivity contribution in [1.82, 2.24) is 10.2 Å². The van der Waals surface area contributed by atoms with Crippen LogP contribution in [0.15, 0.2) is 24.3 Å². The molecule has 1 aromatic rings. The molecule has 0 spiro atoms. The Bertz CT molecular complexity index is 467. The fourth-order valence-corrected chi connectivity index (χ4v) is 2.14. The zero-order valence-electron chi connectivity index (χ0n) is 10.9. The van der Waals surface area contributed by atoms with E-state index in [0.29, 0.717) is 0 Å². The number of nitrogens with one attached hydrogen (secondary N) is 1. The van der Waals surface area contributed by atoms with Crippen molar-refractivity contribution in [2.24, 2.45) is 0 Å². The molecule has 2 atom stereocenters. The largest absolute Gasteiger partial charge is 0.299 e. The minimum absolute atomic E-state index is 0.0545. The molecular formula is C14H18N2O2. The highest BCUT2D eigenvalue weighted by molar-refractivity contribution is 6.05. The molecule has 96 valence electrons. The van der Waals surface area contributed by atoms with Gasteiger partial charge in [0.25, 0.3) is 0 Å². The number of imide groups is 1. The number of likely N-dealkylation sites (N-methyl/N-ethyl adjacent to an activating group) is 1. The van der Waals surface area contributed by atoms with Crippen LogP contribution in [0.1, 0.15) is 30.5 Å². The van der Waals surface area contributed by atoms with E-state index in [9.17, 15) is 9.59 Å². The molecule has 1 aromatic carbocycles. The number of amides is 2. The number of carbonyl (C=O) groups excluding carboxylic acids is 2. The molecule has 0 radical (unpaired) electrons. The van der Waals surface area contributed by atoms with Gasteiger partial charge in [-0.25, -0.2) is 0 Å². The smallest absolute Gasteiger partial charge is 0.246 e. The Morgan fingerprint density at radius 2 is 1.89 bits per heavy atom. The highest BCUT2D eigenvalue weighted by Crippen LogP contribution is 2.18. The van der Waals surface area contributed by atoms with Gasteiger partial charge in [-0.2, -0.15) is 0 Å². The Labute approximate surface area is 107 Å². The monoisotopic (exact) mass is 246 g/mol. The topological polar surface area (TPSA) is 49.4 Å². The van der Waals surface area contributed by atoms with E-state index in [4.69, 9.17) is 0 Å². The Kier molecular flexibility index (Phi) is 3.48. The number of rotatable bonds is 3. The van der Waals surface area contributed by atoms with Gasteiger partial charge in [0, 0.05) is 13.1 Å². The van der Waals surface area contributed by atoms with E-state index in [1.54, 1.807) is 0 Å². The third-order valence-corrected chi connectivity index (χ3v) is 3.41. The fourth-order valence-electron chi connectivity index (χ4n) is 2.14. The third-order valence-electron chi connectivity index (χ3n) is 3.41. The first-order chi connectivity index (χ1) is 8.49. The van der Waals surface area contributed by atoms with Crippen molar-refractivity contribution in [3.8, 4) is 0 Å². The number of hydrogen-bond acceptors (Lipinski definition) is 3. The second-order valence-corrected chi connectivity index (χ2v) is 4.85. The van der Waals surface area contributed by atoms with Crippen LogP contribution in [0.5, 0.6) is 0 Å². The zero-order valence-corrected chi connectivity index (χ0v) is 10.9. The molecule has 1 N–H and O–H groups in total. The summed E-state index contributed by atoms with van der Waals surface area (Å²) in [5.41, 5.74) is 2.33. The van der Waals surface area contributed by atoms with Crippen molar-refractivity contribution < 1.29 is 9.59 Å². The molecule has 1 aliphatic heterocycles. The summed E-state index contributed by atoms with van der Waals surface area (Å²) in [6.07, 6.45) is 0.255.